The van der Waals surface area contributed by atoms with Gasteiger partial charge in [-0.1, -0.05) is 30.3 Å². The molecule has 0 aromatic heterocycles. The lowest BCUT2D eigenvalue weighted by molar-refractivity contribution is 0.0245. The molecule has 0 aliphatic carbocycles. The number of nitrogens with zero attached hydrogens (tertiary/aromatic N) is 1. The van der Waals surface area contributed by atoms with Crippen molar-refractivity contribution in [3.05, 3.63) is 35.9 Å². The Labute approximate surface area is 149 Å². The quantitative estimate of drug-likeness (QED) is 0.325. The third-order valence-corrected chi connectivity index (χ3v) is 3.19. The van der Waals surface area contributed by atoms with Crippen LogP contribution in [0.2, 0.25) is 0 Å². The first-order valence-electron chi connectivity index (χ1n) is 8.48. The standard InChI is InChI=1S/C18H29N3O4/c1-18(2,3)25-17(23)21(19)13-9-5-8-12-20-16(22)24-14-15-10-6-4-7-11-15/h4,6-7,10-11H,5,8-9,12-14,19H2,1-3H3,(H,20,22). The molecule has 1 aromatic rings. The minimum absolute atomic E-state index is 0.255. The van der Waals surface area contributed by atoms with Gasteiger partial charge in [0.25, 0.3) is 0 Å². The molecule has 2 amide bonds. The lowest BCUT2D eigenvalue weighted by Crippen LogP contribution is -2.42. The van der Waals surface area contributed by atoms with E-state index in [-0.39, 0.29) is 6.61 Å². The van der Waals surface area contributed by atoms with Crippen LogP contribution in [0.15, 0.2) is 30.3 Å². The van der Waals surface area contributed by atoms with Crippen LogP contribution in [0, 0.1) is 0 Å². The first kappa shape index (κ1) is 20.8. The number of hydrogen-bond donors (Lipinski definition) is 2. The Morgan fingerprint density at radius 1 is 1.12 bits per heavy atom. The van der Waals surface area contributed by atoms with Gasteiger partial charge >= 0.3 is 12.2 Å². The maximum absolute atomic E-state index is 11.7. The smallest absolute Gasteiger partial charge is 0.424 e. The minimum Gasteiger partial charge on any atom is -0.445 e. The Hall–Kier alpha value is -2.28. The first-order chi connectivity index (χ1) is 11.8. The number of nitrogens with one attached hydrogen (secondary N) is 1. The SMILES string of the molecule is CC(C)(C)OC(=O)N(N)CCCCCNC(=O)OCc1ccccc1. The monoisotopic (exact) mass is 351 g/mol. The van der Waals surface area contributed by atoms with E-state index in [0.717, 1.165) is 29.8 Å². The molecular formula is C18H29N3O4. The second-order valence-corrected chi connectivity index (χ2v) is 6.72. The molecule has 25 heavy (non-hydrogen) atoms. The van der Waals surface area contributed by atoms with Gasteiger partial charge in [0.15, 0.2) is 0 Å². The highest BCUT2D eigenvalue weighted by atomic mass is 16.6. The predicted octanol–water partition coefficient (Wildman–Crippen LogP) is 3.19. The van der Waals surface area contributed by atoms with E-state index in [2.05, 4.69) is 5.32 Å². The number of amides is 2. The summed E-state index contributed by atoms with van der Waals surface area (Å²) in [5.74, 6) is 5.65. The van der Waals surface area contributed by atoms with Gasteiger partial charge in [-0.2, -0.15) is 0 Å². The molecule has 140 valence electrons. The summed E-state index contributed by atoms with van der Waals surface area (Å²) in [6, 6.07) is 9.51. The molecule has 1 aromatic carbocycles. The Morgan fingerprint density at radius 3 is 2.44 bits per heavy atom. The van der Waals surface area contributed by atoms with Gasteiger partial charge in [0.05, 0.1) is 0 Å². The topological polar surface area (TPSA) is 93.9 Å². The lowest BCUT2D eigenvalue weighted by Gasteiger charge is -2.24. The molecular weight excluding hydrogens is 322 g/mol. The summed E-state index contributed by atoms with van der Waals surface area (Å²) < 4.78 is 10.3. The molecule has 0 aliphatic rings. The normalized spacial score (nSPS) is 10.9. The number of unbranched alkanes of at least 4 members (excludes halogenated alkanes) is 2. The van der Waals surface area contributed by atoms with Crippen molar-refractivity contribution in [1.29, 1.82) is 0 Å². The van der Waals surface area contributed by atoms with E-state index in [1.165, 1.54) is 0 Å². The highest BCUT2D eigenvalue weighted by molar-refractivity contribution is 5.67. The van der Waals surface area contributed by atoms with Gasteiger partial charge in [-0.05, 0) is 45.6 Å². The summed E-state index contributed by atoms with van der Waals surface area (Å²) in [7, 11) is 0. The second kappa shape index (κ2) is 10.6. The first-order valence-corrected chi connectivity index (χ1v) is 8.48. The second-order valence-electron chi connectivity index (χ2n) is 6.72. The van der Waals surface area contributed by atoms with Gasteiger partial charge in [-0.15, -0.1) is 0 Å². The average molecular weight is 351 g/mol. The van der Waals surface area contributed by atoms with Gasteiger partial charge in [-0.25, -0.2) is 20.4 Å². The highest BCUT2D eigenvalue weighted by Crippen LogP contribution is 2.09. The molecule has 0 saturated heterocycles. The van der Waals surface area contributed by atoms with Crippen molar-refractivity contribution < 1.29 is 19.1 Å². The third kappa shape index (κ3) is 10.2. The predicted molar refractivity (Wildman–Crippen MR) is 95.6 cm³/mol. The van der Waals surface area contributed by atoms with Crippen LogP contribution >= 0.6 is 0 Å². The molecule has 3 N–H and O–H groups in total. The number of carbonyl (C=O) groups is 2. The van der Waals surface area contributed by atoms with E-state index in [1.54, 1.807) is 20.8 Å². The fourth-order valence-corrected chi connectivity index (χ4v) is 1.96. The maximum atomic E-state index is 11.7. The van der Waals surface area contributed by atoms with Crippen molar-refractivity contribution in [1.82, 2.24) is 10.3 Å². The van der Waals surface area contributed by atoms with Crippen LogP contribution in [0.3, 0.4) is 0 Å². The summed E-state index contributed by atoms with van der Waals surface area (Å²) in [6.45, 7) is 6.56. The summed E-state index contributed by atoms with van der Waals surface area (Å²) in [5.41, 5.74) is 0.390. The zero-order valence-electron chi connectivity index (χ0n) is 15.3. The van der Waals surface area contributed by atoms with Crippen molar-refractivity contribution in [2.24, 2.45) is 5.84 Å². The zero-order chi connectivity index (χ0) is 18.7. The molecule has 0 saturated carbocycles. The van der Waals surface area contributed by atoms with Gasteiger partial charge in [0, 0.05) is 13.1 Å². The molecule has 0 aliphatic heterocycles. The Kier molecular flexibility index (Phi) is 8.77. The van der Waals surface area contributed by atoms with Crippen LogP contribution < -0.4 is 11.2 Å². The van der Waals surface area contributed by atoms with Crippen LogP contribution in [0.25, 0.3) is 0 Å². The molecule has 0 fully saturated rings. The number of carbonyl (C=O) groups excluding carboxylic acids is 2. The Balaban J connectivity index is 2.04. The molecule has 0 unspecified atom stereocenters. The average Bonchev–Trinajstić information content (AvgIpc) is 2.55. The Morgan fingerprint density at radius 2 is 1.80 bits per heavy atom. The zero-order valence-corrected chi connectivity index (χ0v) is 15.3. The van der Waals surface area contributed by atoms with Crippen LogP contribution in [0.1, 0.15) is 45.6 Å². The van der Waals surface area contributed by atoms with E-state index < -0.39 is 17.8 Å². The summed E-state index contributed by atoms with van der Waals surface area (Å²) in [4.78, 5) is 23.2. The fourth-order valence-electron chi connectivity index (χ4n) is 1.96. The molecule has 7 heteroatoms. The number of nitrogens with two attached hydrogens (primary N) is 1. The molecule has 0 radical (unpaired) electrons. The number of rotatable bonds is 8. The molecule has 0 spiro atoms. The largest absolute Gasteiger partial charge is 0.445 e. The van der Waals surface area contributed by atoms with Crippen LogP contribution in [-0.2, 0) is 16.1 Å². The van der Waals surface area contributed by atoms with Crippen molar-refractivity contribution in [2.75, 3.05) is 13.1 Å². The van der Waals surface area contributed by atoms with Crippen molar-refractivity contribution in [2.45, 2.75) is 52.2 Å². The van der Waals surface area contributed by atoms with E-state index in [0.29, 0.717) is 13.1 Å². The molecule has 7 nitrogen and oxygen atoms in total. The molecule has 0 bridgehead atoms. The van der Waals surface area contributed by atoms with E-state index in [4.69, 9.17) is 15.3 Å². The van der Waals surface area contributed by atoms with Gasteiger partial charge < -0.3 is 14.8 Å². The number of hydrazine groups is 1. The van der Waals surface area contributed by atoms with Crippen LogP contribution in [-0.4, -0.2) is 35.9 Å². The summed E-state index contributed by atoms with van der Waals surface area (Å²) in [5, 5.41) is 3.77. The van der Waals surface area contributed by atoms with Crippen molar-refractivity contribution in [3.8, 4) is 0 Å². The van der Waals surface area contributed by atoms with Crippen LogP contribution in [0.4, 0.5) is 9.59 Å². The van der Waals surface area contributed by atoms with Crippen molar-refractivity contribution in [3.63, 3.8) is 0 Å². The highest BCUT2D eigenvalue weighted by Gasteiger charge is 2.19. The number of alkyl carbamates (subject to hydrolysis) is 1. The summed E-state index contributed by atoms with van der Waals surface area (Å²) >= 11 is 0. The molecule has 1 rings (SSSR count). The maximum Gasteiger partial charge on any atom is 0.424 e. The fraction of sp³-hybridized carbons (Fsp3) is 0.556. The molecule has 0 heterocycles. The third-order valence-electron chi connectivity index (χ3n) is 3.19. The van der Waals surface area contributed by atoms with Gasteiger partial charge in [0.1, 0.15) is 12.2 Å². The summed E-state index contributed by atoms with van der Waals surface area (Å²) in [6.07, 6.45) is 1.38. The molecule has 0 atom stereocenters. The van der Waals surface area contributed by atoms with Crippen LogP contribution in [0.5, 0.6) is 0 Å². The van der Waals surface area contributed by atoms with E-state index in [1.807, 2.05) is 30.3 Å². The van der Waals surface area contributed by atoms with Gasteiger partial charge in [-0.3, -0.25) is 0 Å². The lowest BCUT2D eigenvalue weighted by atomic mass is 10.2. The Bertz CT molecular complexity index is 529. The number of ether oxygens (including phenoxy) is 2. The van der Waals surface area contributed by atoms with Gasteiger partial charge in [0.2, 0.25) is 0 Å². The number of hydrogen-bond acceptors (Lipinski definition) is 5. The minimum atomic E-state index is -0.557. The van der Waals surface area contributed by atoms with E-state index >= 15 is 0 Å². The number of benzene rings is 1. The van der Waals surface area contributed by atoms with Crippen molar-refractivity contribution >= 4 is 12.2 Å². The van der Waals surface area contributed by atoms with E-state index in [9.17, 15) is 9.59 Å².